The van der Waals surface area contributed by atoms with E-state index in [2.05, 4.69) is 20.5 Å². The van der Waals surface area contributed by atoms with E-state index in [-0.39, 0.29) is 41.7 Å². The highest BCUT2D eigenvalue weighted by atomic mass is 127. The number of halogens is 3. The Morgan fingerprint density at radius 1 is 1.07 bits per heavy atom. The predicted molar refractivity (Wildman–Crippen MR) is 126 cm³/mol. The number of nitrogens with one attached hydrogen (secondary N) is 2. The topological polar surface area (TPSA) is 48.9 Å². The van der Waals surface area contributed by atoms with Gasteiger partial charge in [-0.1, -0.05) is 30.3 Å². The minimum absolute atomic E-state index is 0. The molecule has 1 heterocycles. The summed E-state index contributed by atoms with van der Waals surface area (Å²) in [5.74, 6) is 0.218. The summed E-state index contributed by atoms with van der Waals surface area (Å²) in [5.41, 5.74) is 1.72. The van der Waals surface area contributed by atoms with Gasteiger partial charge in [-0.05, 0) is 35.7 Å². The molecular weight excluding hydrogens is 501 g/mol. The molecule has 0 spiro atoms. The van der Waals surface area contributed by atoms with Crippen molar-refractivity contribution in [3.63, 3.8) is 0 Å². The van der Waals surface area contributed by atoms with Crippen LogP contribution >= 0.6 is 24.0 Å². The Balaban J connectivity index is 0.00000320. The lowest BCUT2D eigenvalue weighted by atomic mass is 10.0. The maximum Gasteiger partial charge on any atom is 0.191 e. The van der Waals surface area contributed by atoms with Crippen molar-refractivity contribution in [1.29, 1.82) is 0 Å². The van der Waals surface area contributed by atoms with Crippen LogP contribution in [0.4, 0.5) is 8.78 Å². The molecule has 8 heteroatoms. The second-order valence-electron chi connectivity index (χ2n) is 6.94. The summed E-state index contributed by atoms with van der Waals surface area (Å²) in [4.78, 5) is 6.59. The van der Waals surface area contributed by atoms with Gasteiger partial charge in [0.15, 0.2) is 5.96 Å². The molecule has 1 atom stereocenters. The van der Waals surface area contributed by atoms with Gasteiger partial charge in [0.2, 0.25) is 0 Å². The Bertz CT molecular complexity index is 798. The van der Waals surface area contributed by atoms with E-state index in [1.54, 1.807) is 19.2 Å². The second-order valence-corrected chi connectivity index (χ2v) is 6.94. The van der Waals surface area contributed by atoms with Crippen LogP contribution in [0.2, 0.25) is 0 Å². The maximum absolute atomic E-state index is 13.8. The van der Waals surface area contributed by atoms with Crippen LogP contribution in [0, 0.1) is 11.6 Å². The molecule has 2 N–H and O–H groups in total. The fourth-order valence-corrected chi connectivity index (χ4v) is 3.46. The minimum Gasteiger partial charge on any atom is -0.379 e. The van der Waals surface area contributed by atoms with Gasteiger partial charge in [0, 0.05) is 33.2 Å². The third-order valence-corrected chi connectivity index (χ3v) is 5.07. The fourth-order valence-electron chi connectivity index (χ4n) is 3.46. The molecule has 0 radical (unpaired) electrons. The zero-order chi connectivity index (χ0) is 20.5. The fraction of sp³-hybridized carbons (Fsp3) is 0.409. The highest BCUT2D eigenvalue weighted by molar-refractivity contribution is 14.0. The van der Waals surface area contributed by atoms with E-state index < -0.39 is 0 Å². The molecule has 5 nitrogen and oxygen atoms in total. The van der Waals surface area contributed by atoms with Crippen molar-refractivity contribution >= 4 is 29.9 Å². The van der Waals surface area contributed by atoms with E-state index >= 15 is 0 Å². The van der Waals surface area contributed by atoms with Crippen molar-refractivity contribution in [2.45, 2.75) is 12.5 Å². The summed E-state index contributed by atoms with van der Waals surface area (Å²) in [7, 11) is 1.71. The Morgan fingerprint density at radius 3 is 2.43 bits per heavy atom. The molecule has 30 heavy (non-hydrogen) atoms. The number of morpholine rings is 1. The molecule has 1 unspecified atom stereocenters. The monoisotopic (exact) mass is 530 g/mol. The zero-order valence-electron chi connectivity index (χ0n) is 17.1. The molecule has 164 valence electrons. The van der Waals surface area contributed by atoms with Gasteiger partial charge in [-0.15, -0.1) is 24.0 Å². The Hall–Kier alpha value is -1.78. The van der Waals surface area contributed by atoms with Crippen molar-refractivity contribution in [1.82, 2.24) is 15.5 Å². The van der Waals surface area contributed by atoms with Crippen molar-refractivity contribution in [2.24, 2.45) is 4.99 Å². The van der Waals surface area contributed by atoms with E-state index in [1.165, 1.54) is 18.2 Å². The molecule has 1 saturated heterocycles. The molecule has 2 aromatic rings. The van der Waals surface area contributed by atoms with Crippen molar-refractivity contribution < 1.29 is 13.5 Å². The summed E-state index contributed by atoms with van der Waals surface area (Å²) in [6.07, 6.45) is 0.568. The van der Waals surface area contributed by atoms with E-state index in [4.69, 9.17) is 4.74 Å². The molecule has 0 bridgehead atoms. The molecule has 1 aliphatic heterocycles. The van der Waals surface area contributed by atoms with Crippen molar-refractivity contribution in [3.8, 4) is 0 Å². The first-order valence-corrected chi connectivity index (χ1v) is 9.92. The van der Waals surface area contributed by atoms with Gasteiger partial charge in [-0.3, -0.25) is 9.89 Å². The van der Waals surface area contributed by atoms with E-state index in [0.717, 1.165) is 18.7 Å². The van der Waals surface area contributed by atoms with Crippen LogP contribution in [0.1, 0.15) is 17.2 Å². The van der Waals surface area contributed by atoms with Crippen LogP contribution in [-0.2, 0) is 11.2 Å². The molecule has 0 aromatic heterocycles. The molecule has 0 amide bonds. The lowest BCUT2D eigenvalue weighted by molar-refractivity contribution is 0.0170. The smallest absolute Gasteiger partial charge is 0.191 e. The van der Waals surface area contributed by atoms with Crippen LogP contribution in [0.5, 0.6) is 0 Å². The number of guanidine groups is 1. The average molecular weight is 530 g/mol. The minimum atomic E-state index is -0.243. The largest absolute Gasteiger partial charge is 0.379 e. The van der Waals surface area contributed by atoms with Crippen LogP contribution in [0.15, 0.2) is 53.5 Å². The molecule has 1 aliphatic rings. The summed E-state index contributed by atoms with van der Waals surface area (Å²) < 4.78 is 32.6. The SMILES string of the molecule is CN=C(NCCc1ccccc1F)NCC(c1ccc(F)cc1)N1CCOCC1.I. The van der Waals surface area contributed by atoms with E-state index in [0.29, 0.717) is 44.2 Å². The van der Waals surface area contributed by atoms with Gasteiger partial charge in [-0.25, -0.2) is 8.78 Å². The summed E-state index contributed by atoms with van der Waals surface area (Å²) in [5, 5.41) is 6.58. The first-order valence-electron chi connectivity index (χ1n) is 9.92. The number of benzene rings is 2. The molecule has 0 saturated carbocycles. The van der Waals surface area contributed by atoms with Gasteiger partial charge >= 0.3 is 0 Å². The van der Waals surface area contributed by atoms with Crippen molar-refractivity contribution in [2.75, 3.05) is 46.4 Å². The van der Waals surface area contributed by atoms with Crippen LogP contribution in [-0.4, -0.2) is 57.3 Å². The van der Waals surface area contributed by atoms with E-state index in [1.807, 2.05) is 18.2 Å². The molecule has 1 fully saturated rings. The molecule has 0 aliphatic carbocycles. The van der Waals surface area contributed by atoms with Gasteiger partial charge < -0.3 is 15.4 Å². The summed E-state index contributed by atoms with van der Waals surface area (Å²) in [6.45, 7) is 4.21. The highest BCUT2D eigenvalue weighted by Gasteiger charge is 2.23. The number of aliphatic imine (C=N–C) groups is 1. The lowest BCUT2D eigenvalue weighted by Gasteiger charge is -2.35. The van der Waals surface area contributed by atoms with Crippen LogP contribution < -0.4 is 10.6 Å². The normalized spacial score (nSPS) is 15.9. The van der Waals surface area contributed by atoms with Gasteiger partial charge in [0.05, 0.1) is 19.3 Å². The summed E-state index contributed by atoms with van der Waals surface area (Å²) in [6, 6.07) is 13.5. The second kappa shape index (κ2) is 12.8. The first-order chi connectivity index (χ1) is 14.2. The van der Waals surface area contributed by atoms with Gasteiger partial charge in [-0.2, -0.15) is 0 Å². The van der Waals surface area contributed by atoms with Crippen LogP contribution in [0.3, 0.4) is 0 Å². The number of hydrogen-bond acceptors (Lipinski definition) is 3. The first kappa shape index (κ1) is 24.5. The van der Waals surface area contributed by atoms with Gasteiger partial charge in [0.25, 0.3) is 0 Å². The number of nitrogens with zero attached hydrogens (tertiary/aromatic N) is 2. The maximum atomic E-state index is 13.8. The summed E-state index contributed by atoms with van der Waals surface area (Å²) >= 11 is 0. The van der Waals surface area contributed by atoms with Crippen LogP contribution in [0.25, 0.3) is 0 Å². The zero-order valence-corrected chi connectivity index (χ0v) is 19.4. The Labute approximate surface area is 193 Å². The molecular formula is C22H29F2IN4O. The van der Waals surface area contributed by atoms with E-state index in [9.17, 15) is 8.78 Å². The molecule has 3 rings (SSSR count). The van der Waals surface area contributed by atoms with Crippen molar-refractivity contribution in [3.05, 3.63) is 71.3 Å². The predicted octanol–water partition coefficient (Wildman–Crippen LogP) is 3.36. The molecule has 2 aromatic carbocycles. The quantitative estimate of drug-likeness (QED) is 0.328. The lowest BCUT2D eigenvalue weighted by Crippen LogP contribution is -2.46. The number of rotatable bonds is 7. The number of ether oxygens (including phenoxy) is 1. The Morgan fingerprint density at radius 2 is 1.77 bits per heavy atom. The standard InChI is InChI=1S/C22H28F2N4O.HI/c1-25-22(26-11-10-17-4-2-3-5-20(17)24)27-16-21(28-12-14-29-15-13-28)18-6-8-19(23)9-7-18;/h2-9,21H,10-16H2,1H3,(H2,25,26,27);1H. The third-order valence-electron chi connectivity index (χ3n) is 5.07. The third kappa shape index (κ3) is 7.17. The number of hydrogen-bond donors (Lipinski definition) is 2. The Kier molecular flexibility index (Phi) is 10.5. The average Bonchev–Trinajstić information content (AvgIpc) is 2.76. The van der Waals surface area contributed by atoms with Gasteiger partial charge in [0.1, 0.15) is 11.6 Å². The highest BCUT2D eigenvalue weighted by Crippen LogP contribution is 2.21.